The van der Waals surface area contributed by atoms with Gasteiger partial charge in [0.1, 0.15) is 0 Å². The van der Waals surface area contributed by atoms with Crippen molar-refractivity contribution in [1.82, 2.24) is 4.98 Å². The zero-order valence-electron chi connectivity index (χ0n) is 7.96. The molecule has 0 aliphatic heterocycles. The summed E-state index contributed by atoms with van der Waals surface area (Å²) in [5.41, 5.74) is 1.21. The van der Waals surface area contributed by atoms with Crippen LogP contribution in [0.1, 0.15) is 13.8 Å². The van der Waals surface area contributed by atoms with Gasteiger partial charge in [0, 0.05) is 21.5 Å². The van der Waals surface area contributed by atoms with Crippen molar-refractivity contribution >= 4 is 23.1 Å². The topological polar surface area (TPSA) is 15.8 Å². The third-order valence-electron chi connectivity index (χ3n) is 2.35. The first-order valence-electron chi connectivity index (χ1n) is 4.56. The highest BCUT2D eigenvalue weighted by atomic mass is 14.7. The molecule has 13 heavy (non-hydrogen) atoms. The van der Waals surface area contributed by atoms with Crippen molar-refractivity contribution in [2.75, 3.05) is 0 Å². The largest absolute Gasteiger partial charge is 0.355 e. The number of aromatic nitrogens is 1. The molecule has 0 radical (unpaired) electrons. The summed E-state index contributed by atoms with van der Waals surface area (Å²) < 4.78 is 0. The highest BCUT2D eigenvalue weighted by Gasteiger charge is 1.95. The van der Waals surface area contributed by atoms with Gasteiger partial charge in [-0.2, -0.15) is 0 Å². The quantitative estimate of drug-likeness (QED) is 0.621. The van der Waals surface area contributed by atoms with Crippen LogP contribution in [-0.4, -0.2) is 4.98 Å². The van der Waals surface area contributed by atoms with Crippen LogP contribution in [0.15, 0.2) is 24.3 Å². The van der Waals surface area contributed by atoms with Gasteiger partial charge in [0.2, 0.25) is 0 Å². The maximum absolute atomic E-state index is 3.38. The Morgan fingerprint density at radius 1 is 1.08 bits per heavy atom. The number of benzene rings is 1. The van der Waals surface area contributed by atoms with Gasteiger partial charge in [-0.1, -0.05) is 30.4 Å². The molecule has 0 saturated carbocycles. The van der Waals surface area contributed by atoms with Gasteiger partial charge >= 0.3 is 0 Å². The first-order valence-corrected chi connectivity index (χ1v) is 4.56. The van der Waals surface area contributed by atoms with Gasteiger partial charge < -0.3 is 4.98 Å². The third kappa shape index (κ3) is 1.17. The van der Waals surface area contributed by atoms with Gasteiger partial charge in [-0.05, 0) is 19.9 Å². The van der Waals surface area contributed by atoms with E-state index in [1.54, 1.807) is 0 Å². The SMILES string of the molecule is CC=c1[nH]c2ccccc2c1=CC. The van der Waals surface area contributed by atoms with Crippen LogP contribution in [0.4, 0.5) is 0 Å². The van der Waals surface area contributed by atoms with Crippen molar-refractivity contribution in [2.24, 2.45) is 0 Å². The van der Waals surface area contributed by atoms with Crippen molar-refractivity contribution in [3.8, 4) is 0 Å². The van der Waals surface area contributed by atoms with Crippen molar-refractivity contribution in [1.29, 1.82) is 0 Å². The number of para-hydroxylation sites is 1. The summed E-state index contributed by atoms with van der Waals surface area (Å²) >= 11 is 0. The molecular formula is C12H13N. The molecule has 0 fully saturated rings. The molecule has 0 unspecified atom stereocenters. The van der Waals surface area contributed by atoms with E-state index < -0.39 is 0 Å². The summed E-state index contributed by atoms with van der Waals surface area (Å²) in [5, 5.41) is 3.82. The van der Waals surface area contributed by atoms with E-state index in [1.165, 1.54) is 21.5 Å². The zero-order valence-corrected chi connectivity index (χ0v) is 7.96. The molecule has 66 valence electrons. The molecular weight excluding hydrogens is 158 g/mol. The van der Waals surface area contributed by atoms with Crippen molar-refractivity contribution in [3.63, 3.8) is 0 Å². The summed E-state index contributed by atoms with van der Waals surface area (Å²) in [6.07, 6.45) is 4.25. The number of rotatable bonds is 0. The minimum absolute atomic E-state index is 1.21. The van der Waals surface area contributed by atoms with Gasteiger partial charge in [0.15, 0.2) is 0 Å². The molecule has 2 aromatic rings. The highest BCUT2D eigenvalue weighted by molar-refractivity contribution is 5.80. The minimum Gasteiger partial charge on any atom is -0.355 e. The summed E-state index contributed by atoms with van der Waals surface area (Å²) in [6, 6.07) is 8.38. The fraction of sp³-hybridized carbons (Fsp3) is 0.167. The van der Waals surface area contributed by atoms with Crippen LogP contribution in [0.25, 0.3) is 23.1 Å². The van der Waals surface area contributed by atoms with Crippen LogP contribution in [0, 0.1) is 0 Å². The molecule has 1 aromatic carbocycles. The maximum atomic E-state index is 3.38. The minimum atomic E-state index is 1.21. The molecule has 1 aromatic heterocycles. The predicted octanol–water partition coefficient (Wildman–Crippen LogP) is 1.77. The lowest BCUT2D eigenvalue weighted by Crippen LogP contribution is -2.21. The summed E-state index contributed by atoms with van der Waals surface area (Å²) in [7, 11) is 0. The molecule has 0 amide bonds. The van der Waals surface area contributed by atoms with E-state index in [-0.39, 0.29) is 0 Å². The average Bonchev–Trinajstić information content (AvgIpc) is 2.55. The van der Waals surface area contributed by atoms with E-state index in [2.05, 4.69) is 55.2 Å². The molecule has 1 heterocycles. The molecule has 1 nitrogen and oxygen atoms in total. The van der Waals surface area contributed by atoms with Gasteiger partial charge in [-0.25, -0.2) is 0 Å². The van der Waals surface area contributed by atoms with E-state index in [9.17, 15) is 0 Å². The molecule has 0 saturated heterocycles. The normalized spacial score (nSPS) is 14.3. The van der Waals surface area contributed by atoms with Crippen molar-refractivity contribution in [3.05, 3.63) is 34.8 Å². The summed E-state index contributed by atoms with van der Waals surface area (Å²) in [6.45, 7) is 4.13. The lowest BCUT2D eigenvalue weighted by molar-refractivity contribution is 1.35. The molecule has 0 spiro atoms. The Morgan fingerprint density at radius 3 is 2.54 bits per heavy atom. The predicted molar refractivity (Wildman–Crippen MR) is 57.8 cm³/mol. The van der Waals surface area contributed by atoms with Crippen molar-refractivity contribution in [2.45, 2.75) is 13.8 Å². The Bertz CT molecular complexity index is 532. The van der Waals surface area contributed by atoms with Gasteiger partial charge in [0.05, 0.1) is 0 Å². The van der Waals surface area contributed by atoms with E-state index in [0.29, 0.717) is 0 Å². The zero-order chi connectivity index (χ0) is 9.26. The second-order valence-corrected chi connectivity index (χ2v) is 3.08. The number of hydrogen-bond acceptors (Lipinski definition) is 0. The van der Waals surface area contributed by atoms with E-state index in [4.69, 9.17) is 0 Å². The Kier molecular flexibility index (Phi) is 1.93. The fourth-order valence-electron chi connectivity index (χ4n) is 1.72. The summed E-state index contributed by atoms with van der Waals surface area (Å²) in [5.74, 6) is 0. The third-order valence-corrected chi connectivity index (χ3v) is 2.35. The lowest BCUT2D eigenvalue weighted by atomic mass is 10.2. The Balaban J connectivity index is 3.08. The van der Waals surface area contributed by atoms with Crippen LogP contribution in [0.3, 0.4) is 0 Å². The monoisotopic (exact) mass is 171 g/mol. The Labute approximate surface area is 77.4 Å². The first kappa shape index (κ1) is 8.11. The van der Waals surface area contributed by atoms with E-state index in [0.717, 1.165) is 0 Å². The Hall–Kier alpha value is -1.50. The van der Waals surface area contributed by atoms with Crippen LogP contribution in [0.5, 0.6) is 0 Å². The smallest absolute Gasteiger partial charge is 0.0464 e. The molecule has 0 bridgehead atoms. The molecule has 2 rings (SSSR count). The number of nitrogens with one attached hydrogen (secondary N) is 1. The molecule has 0 atom stereocenters. The Morgan fingerprint density at radius 2 is 1.85 bits per heavy atom. The number of fused-ring (bicyclic) bond motifs is 1. The van der Waals surface area contributed by atoms with Gasteiger partial charge in [-0.15, -0.1) is 0 Å². The lowest BCUT2D eigenvalue weighted by Gasteiger charge is -1.85. The number of hydrogen-bond donors (Lipinski definition) is 1. The fourth-order valence-corrected chi connectivity index (χ4v) is 1.72. The van der Waals surface area contributed by atoms with E-state index in [1.807, 2.05) is 0 Å². The maximum Gasteiger partial charge on any atom is 0.0464 e. The number of H-pyrrole nitrogens is 1. The summed E-state index contributed by atoms with van der Waals surface area (Å²) in [4.78, 5) is 3.38. The molecule has 0 aliphatic rings. The van der Waals surface area contributed by atoms with E-state index >= 15 is 0 Å². The molecule has 1 N–H and O–H groups in total. The van der Waals surface area contributed by atoms with Crippen LogP contribution in [0.2, 0.25) is 0 Å². The first-order chi connectivity index (χ1) is 6.36. The molecule has 1 heteroatoms. The highest BCUT2D eigenvalue weighted by Crippen LogP contribution is 2.03. The second-order valence-electron chi connectivity index (χ2n) is 3.08. The van der Waals surface area contributed by atoms with Crippen LogP contribution in [-0.2, 0) is 0 Å². The number of aromatic amines is 1. The average molecular weight is 171 g/mol. The molecule has 0 aliphatic carbocycles. The van der Waals surface area contributed by atoms with Gasteiger partial charge in [-0.3, -0.25) is 0 Å². The van der Waals surface area contributed by atoms with Crippen LogP contribution < -0.4 is 10.6 Å². The second kappa shape index (κ2) is 3.09. The van der Waals surface area contributed by atoms with Crippen molar-refractivity contribution < 1.29 is 0 Å². The van der Waals surface area contributed by atoms with Crippen LogP contribution >= 0.6 is 0 Å². The van der Waals surface area contributed by atoms with Gasteiger partial charge in [0.25, 0.3) is 0 Å². The standard InChI is InChI=1S/C12H13N/c1-3-9-10-7-5-6-8-12(10)13-11(9)4-2/h3-8,13H,1-2H3.